The summed E-state index contributed by atoms with van der Waals surface area (Å²) in [4.78, 5) is 11.0. The lowest BCUT2D eigenvalue weighted by Crippen LogP contribution is -2.04. The normalized spacial score (nSPS) is 12.1. The van der Waals surface area contributed by atoms with E-state index >= 15 is 0 Å². The van der Waals surface area contributed by atoms with Crippen LogP contribution in [0.25, 0.3) is 114 Å². The molecule has 0 bridgehead atoms. The summed E-state index contributed by atoms with van der Waals surface area (Å²) in [5.74, 6) is 0.661. The van der Waals surface area contributed by atoms with Crippen molar-refractivity contribution in [1.29, 1.82) is 0 Å². The van der Waals surface area contributed by atoms with Crippen LogP contribution in [0.15, 0.2) is 176 Å². The number of hydrogen-bond donors (Lipinski definition) is 0. The van der Waals surface area contributed by atoms with Crippen molar-refractivity contribution in [3.05, 3.63) is 176 Å². The summed E-state index contributed by atoms with van der Waals surface area (Å²) in [6.07, 6.45) is 0. The Bertz CT molecular complexity index is 3500. The summed E-state index contributed by atoms with van der Waals surface area (Å²) in [5.41, 5.74) is 7.44. The molecular weight excluding hydrogens is 675 g/mol. The molecule has 0 aliphatic heterocycles. The van der Waals surface area contributed by atoms with Crippen molar-refractivity contribution >= 4 is 96.5 Å². The lowest BCUT2D eigenvalue weighted by atomic mass is 9.98. The van der Waals surface area contributed by atoms with Gasteiger partial charge in [-0.2, -0.15) is 0 Å². The van der Waals surface area contributed by atoms with Crippen molar-refractivity contribution in [2.75, 3.05) is 0 Å². The van der Waals surface area contributed by atoms with Gasteiger partial charge in [-0.25, -0.2) is 9.97 Å². The maximum Gasteiger partial charge on any atom is 0.235 e. The average Bonchev–Trinajstić information content (AvgIpc) is 3.78. The molecule has 0 spiro atoms. The molecule has 12 aromatic rings. The molecule has 250 valence electrons. The predicted molar refractivity (Wildman–Crippen MR) is 230 cm³/mol. The van der Waals surface area contributed by atoms with Gasteiger partial charge in [-0.15, -0.1) is 11.3 Å². The molecule has 0 aliphatic rings. The van der Waals surface area contributed by atoms with Gasteiger partial charge >= 0.3 is 0 Å². The minimum atomic E-state index is 0.661. The summed E-state index contributed by atoms with van der Waals surface area (Å²) < 4.78 is 4.93. The molecular formula is C50H29N3S. The average molecular weight is 704 g/mol. The van der Waals surface area contributed by atoms with Gasteiger partial charge in [-0.3, -0.25) is 4.57 Å². The van der Waals surface area contributed by atoms with Gasteiger partial charge in [0.2, 0.25) is 5.95 Å². The van der Waals surface area contributed by atoms with Crippen LogP contribution in [0, 0.1) is 0 Å². The van der Waals surface area contributed by atoms with Crippen molar-refractivity contribution in [1.82, 2.24) is 14.5 Å². The number of hydrogen-bond acceptors (Lipinski definition) is 3. The van der Waals surface area contributed by atoms with Gasteiger partial charge in [-0.05, 0) is 68.9 Å². The number of benzene rings is 9. The van der Waals surface area contributed by atoms with E-state index in [9.17, 15) is 0 Å². The lowest BCUT2D eigenvalue weighted by Gasteiger charge is -2.15. The molecule has 54 heavy (non-hydrogen) atoms. The molecule has 0 radical (unpaired) electrons. The second kappa shape index (κ2) is 11.3. The second-order valence-corrected chi connectivity index (χ2v) is 15.2. The van der Waals surface area contributed by atoms with E-state index in [4.69, 9.17) is 9.97 Å². The van der Waals surface area contributed by atoms with Crippen molar-refractivity contribution < 1.29 is 0 Å². The first-order chi connectivity index (χ1) is 26.8. The third kappa shape index (κ3) is 4.29. The zero-order valence-corrected chi connectivity index (χ0v) is 29.8. The van der Waals surface area contributed by atoms with E-state index in [1.54, 1.807) is 0 Å². The molecule has 0 atom stereocenters. The van der Waals surface area contributed by atoms with Crippen LogP contribution in [0.3, 0.4) is 0 Å². The van der Waals surface area contributed by atoms with Crippen LogP contribution in [0.1, 0.15) is 0 Å². The first-order valence-corrected chi connectivity index (χ1v) is 19.1. The Morgan fingerprint density at radius 2 is 1.09 bits per heavy atom. The predicted octanol–water partition coefficient (Wildman–Crippen LogP) is 13.9. The fraction of sp³-hybridized carbons (Fsp3) is 0. The molecule has 3 aromatic heterocycles. The highest BCUT2D eigenvalue weighted by Gasteiger charge is 2.22. The third-order valence-electron chi connectivity index (χ3n) is 11.2. The molecule has 0 saturated heterocycles. The SMILES string of the molecule is c1ccc(-c2nc(-n3c4cc5ccccc5cc4c4cccc(-c5ccc6sc7ccc8ccccc8c7c6c5)c43)nc3c2ccc2ccccc23)cc1. The standard InChI is InChI=1S/C50H29N3S/c1-2-13-32(14-3-1)47-40-24-21-31-12-7-9-18-37(31)48(40)52-50(51-47)53-43-29-34-16-5-4-15-33(34)27-41(43)39-20-10-19-38(49(39)53)35-23-25-44-42(28-35)46-36-17-8-6-11-30(36)22-26-45(46)54-44/h1-29H. The Morgan fingerprint density at radius 1 is 0.407 bits per heavy atom. The van der Waals surface area contributed by atoms with Crippen molar-refractivity contribution in [3.63, 3.8) is 0 Å². The van der Waals surface area contributed by atoms with E-state index in [0.717, 1.165) is 49.5 Å². The lowest BCUT2D eigenvalue weighted by molar-refractivity contribution is 1.02. The molecule has 3 heterocycles. The minimum Gasteiger partial charge on any atom is -0.277 e. The van der Waals surface area contributed by atoms with Gasteiger partial charge in [0.25, 0.3) is 0 Å². The summed E-state index contributed by atoms with van der Waals surface area (Å²) in [6, 6.07) is 63.7. The Hall–Kier alpha value is -6.88. The van der Waals surface area contributed by atoms with E-state index in [0.29, 0.717) is 5.95 Å². The van der Waals surface area contributed by atoms with Crippen molar-refractivity contribution in [2.45, 2.75) is 0 Å². The number of para-hydroxylation sites is 1. The maximum atomic E-state index is 5.52. The fourth-order valence-electron chi connectivity index (χ4n) is 8.67. The van der Waals surface area contributed by atoms with E-state index in [1.807, 2.05) is 11.3 Å². The summed E-state index contributed by atoms with van der Waals surface area (Å²) in [6.45, 7) is 0. The summed E-state index contributed by atoms with van der Waals surface area (Å²) in [5, 5.41) is 13.2. The number of aromatic nitrogens is 3. The third-order valence-corrected chi connectivity index (χ3v) is 12.3. The van der Waals surface area contributed by atoms with Gasteiger partial charge < -0.3 is 0 Å². The van der Waals surface area contributed by atoms with Gasteiger partial charge in [0, 0.05) is 52.8 Å². The van der Waals surface area contributed by atoms with Crippen LogP contribution in [-0.2, 0) is 0 Å². The monoisotopic (exact) mass is 703 g/mol. The highest BCUT2D eigenvalue weighted by molar-refractivity contribution is 7.26. The van der Waals surface area contributed by atoms with Gasteiger partial charge in [-0.1, -0.05) is 140 Å². The summed E-state index contributed by atoms with van der Waals surface area (Å²) >= 11 is 1.87. The van der Waals surface area contributed by atoms with Gasteiger partial charge in [0.1, 0.15) is 0 Å². The molecule has 0 amide bonds. The van der Waals surface area contributed by atoms with E-state index in [2.05, 4.69) is 180 Å². The molecule has 0 unspecified atom stereocenters. The quantitative estimate of drug-likeness (QED) is 0.172. The molecule has 0 saturated carbocycles. The summed E-state index contributed by atoms with van der Waals surface area (Å²) in [7, 11) is 0. The van der Waals surface area contributed by atoms with E-state index < -0.39 is 0 Å². The van der Waals surface area contributed by atoms with Crippen LogP contribution in [-0.4, -0.2) is 14.5 Å². The van der Waals surface area contributed by atoms with E-state index in [-0.39, 0.29) is 0 Å². The maximum absolute atomic E-state index is 5.52. The van der Waals surface area contributed by atoms with Gasteiger partial charge in [0.15, 0.2) is 0 Å². The molecule has 0 N–H and O–H groups in total. The number of nitrogens with zero attached hydrogens (tertiary/aromatic N) is 3. The second-order valence-electron chi connectivity index (χ2n) is 14.1. The van der Waals surface area contributed by atoms with E-state index in [1.165, 1.54) is 58.1 Å². The fourth-order valence-corrected chi connectivity index (χ4v) is 9.78. The number of fused-ring (bicyclic) bond motifs is 12. The van der Waals surface area contributed by atoms with Crippen molar-refractivity contribution in [2.24, 2.45) is 0 Å². The number of thiophene rings is 1. The number of rotatable bonds is 3. The molecule has 0 fully saturated rings. The molecule has 4 heteroatoms. The first kappa shape index (κ1) is 29.7. The molecule has 9 aromatic carbocycles. The topological polar surface area (TPSA) is 30.7 Å². The highest BCUT2D eigenvalue weighted by Crippen LogP contribution is 2.44. The molecule has 0 aliphatic carbocycles. The minimum absolute atomic E-state index is 0.661. The van der Waals surface area contributed by atoms with Crippen LogP contribution >= 0.6 is 11.3 Å². The Kier molecular flexibility index (Phi) is 6.21. The molecule has 3 nitrogen and oxygen atoms in total. The Labute approximate surface area is 314 Å². The molecule has 12 rings (SSSR count). The largest absolute Gasteiger partial charge is 0.277 e. The zero-order valence-electron chi connectivity index (χ0n) is 29.0. The van der Waals surface area contributed by atoms with Crippen LogP contribution in [0.4, 0.5) is 0 Å². The first-order valence-electron chi connectivity index (χ1n) is 18.3. The van der Waals surface area contributed by atoms with Gasteiger partial charge in [0.05, 0.1) is 22.2 Å². The van der Waals surface area contributed by atoms with Crippen LogP contribution in [0.2, 0.25) is 0 Å². The van der Waals surface area contributed by atoms with Crippen LogP contribution < -0.4 is 0 Å². The highest BCUT2D eigenvalue weighted by atomic mass is 32.1. The van der Waals surface area contributed by atoms with Crippen LogP contribution in [0.5, 0.6) is 0 Å². The Balaban J connectivity index is 1.23. The smallest absolute Gasteiger partial charge is 0.235 e. The van der Waals surface area contributed by atoms with Crippen molar-refractivity contribution in [3.8, 4) is 28.3 Å². The zero-order chi connectivity index (χ0) is 35.3. The Morgan fingerprint density at radius 3 is 1.94 bits per heavy atom.